The lowest BCUT2D eigenvalue weighted by Gasteiger charge is -2.35. The van der Waals surface area contributed by atoms with Gasteiger partial charge >= 0.3 is 0 Å². The summed E-state index contributed by atoms with van der Waals surface area (Å²) in [5, 5.41) is 3.01. The fourth-order valence-corrected chi connectivity index (χ4v) is 3.97. The molecule has 1 aliphatic heterocycles. The van der Waals surface area contributed by atoms with E-state index in [0.717, 1.165) is 31.7 Å². The molecule has 29 heavy (non-hydrogen) atoms. The maximum atomic E-state index is 12.7. The minimum absolute atomic E-state index is 0.0310. The molecule has 2 aromatic rings. The van der Waals surface area contributed by atoms with Crippen LogP contribution in [0.5, 0.6) is 0 Å². The number of benzene rings is 1. The van der Waals surface area contributed by atoms with E-state index in [9.17, 15) is 9.59 Å². The molecule has 1 saturated heterocycles. The Balaban J connectivity index is 1.16. The normalized spacial score (nSPS) is 21.0. The second kappa shape index (κ2) is 9.07. The van der Waals surface area contributed by atoms with E-state index in [4.69, 9.17) is 0 Å². The Hall–Kier alpha value is -2.89. The molecule has 6 heteroatoms. The van der Waals surface area contributed by atoms with Gasteiger partial charge < -0.3 is 15.1 Å². The van der Waals surface area contributed by atoms with Crippen LogP contribution in [0.3, 0.4) is 0 Å². The topological polar surface area (TPSA) is 65.5 Å². The summed E-state index contributed by atoms with van der Waals surface area (Å²) in [6, 6.07) is 16.2. The Morgan fingerprint density at radius 1 is 0.966 bits per heavy atom. The van der Waals surface area contributed by atoms with Gasteiger partial charge in [0.25, 0.3) is 0 Å². The van der Waals surface area contributed by atoms with Crippen molar-refractivity contribution in [3.63, 3.8) is 0 Å². The summed E-state index contributed by atoms with van der Waals surface area (Å²) < 4.78 is 0. The number of anilines is 1. The molecule has 6 nitrogen and oxygen atoms in total. The number of piperazine rings is 1. The quantitative estimate of drug-likeness (QED) is 0.733. The number of amides is 2. The van der Waals surface area contributed by atoms with Crippen molar-refractivity contribution in [1.29, 1.82) is 0 Å². The molecule has 0 spiro atoms. The van der Waals surface area contributed by atoms with Crippen LogP contribution in [0, 0.1) is 11.8 Å². The van der Waals surface area contributed by atoms with E-state index in [1.54, 1.807) is 6.20 Å². The van der Waals surface area contributed by atoms with Gasteiger partial charge in [-0.2, -0.15) is 0 Å². The number of carbonyl (C=O) groups excluding carboxylic acids is 2. The van der Waals surface area contributed by atoms with Crippen molar-refractivity contribution in [3.8, 4) is 0 Å². The van der Waals surface area contributed by atoms with Crippen LogP contribution >= 0.6 is 0 Å². The summed E-state index contributed by atoms with van der Waals surface area (Å²) in [6.07, 6.45) is 4.34. The molecule has 2 amide bonds. The third-order valence-corrected chi connectivity index (χ3v) is 5.79. The van der Waals surface area contributed by atoms with Gasteiger partial charge in [0.15, 0.2) is 0 Å². The average molecular weight is 393 g/mol. The highest BCUT2D eigenvalue weighted by Crippen LogP contribution is 2.40. The molecule has 1 aromatic carbocycles. The molecule has 1 aromatic heterocycles. The molecule has 4 rings (SSSR count). The average Bonchev–Trinajstić information content (AvgIpc) is 3.59. The van der Waals surface area contributed by atoms with Crippen molar-refractivity contribution < 1.29 is 9.59 Å². The smallest absolute Gasteiger partial charge is 0.226 e. The molecule has 0 radical (unpaired) electrons. The lowest BCUT2D eigenvalue weighted by molar-refractivity contribution is -0.135. The van der Waals surface area contributed by atoms with Crippen LogP contribution in [0.1, 0.15) is 18.4 Å². The molecule has 2 heterocycles. The zero-order chi connectivity index (χ0) is 20.1. The van der Waals surface area contributed by atoms with E-state index in [2.05, 4.69) is 27.3 Å². The summed E-state index contributed by atoms with van der Waals surface area (Å²) in [7, 11) is 0. The Kier molecular flexibility index (Phi) is 6.08. The largest absolute Gasteiger partial charge is 0.356 e. The molecular weight excluding hydrogens is 364 g/mol. The van der Waals surface area contributed by atoms with E-state index in [1.807, 2.05) is 41.3 Å². The van der Waals surface area contributed by atoms with Crippen molar-refractivity contribution in [2.24, 2.45) is 11.8 Å². The molecule has 0 bridgehead atoms. The third-order valence-electron chi connectivity index (χ3n) is 5.79. The van der Waals surface area contributed by atoms with Gasteiger partial charge in [-0.3, -0.25) is 9.59 Å². The molecule has 2 fully saturated rings. The van der Waals surface area contributed by atoms with Crippen molar-refractivity contribution in [3.05, 3.63) is 60.3 Å². The van der Waals surface area contributed by atoms with Crippen LogP contribution in [0.2, 0.25) is 0 Å². The first-order valence-corrected chi connectivity index (χ1v) is 10.5. The summed E-state index contributed by atoms with van der Waals surface area (Å²) in [6.45, 7) is 3.61. The van der Waals surface area contributed by atoms with Gasteiger partial charge in [-0.1, -0.05) is 36.4 Å². The van der Waals surface area contributed by atoms with E-state index in [-0.39, 0.29) is 23.7 Å². The third kappa shape index (κ3) is 4.94. The van der Waals surface area contributed by atoms with Gasteiger partial charge in [0.1, 0.15) is 5.82 Å². The van der Waals surface area contributed by atoms with Gasteiger partial charge in [0.2, 0.25) is 11.8 Å². The fourth-order valence-electron chi connectivity index (χ4n) is 3.97. The van der Waals surface area contributed by atoms with Crippen molar-refractivity contribution in [1.82, 2.24) is 15.2 Å². The maximum absolute atomic E-state index is 12.7. The number of aromatic nitrogens is 1. The lowest BCUT2D eigenvalue weighted by Crippen LogP contribution is -2.49. The van der Waals surface area contributed by atoms with Gasteiger partial charge in [-0.25, -0.2) is 4.98 Å². The van der Waals surface area contributed by atoms with E-state index in [1.165, 1.54) is 5.56 Å². The van der Waals surface area contributed by atoms with Gasteiger partial charge in [-0.15, -0.1) is 0 Å². The lowest BCUT2D eigenvalue weighted by atomic mass is 10.1. The number of rotatable bonds is 7. The summed E-state index contributed by atoms with van der Waals surface area (Å²) >= 11 is 0. The van der Waals surface area contributed by atoms with E-state index < -0.39 is 0 Å². The summed E-state index contributed by atoms with van der Waals surface area (Å²) in [5.41, 5.74) is 1.28. The first-order valence-electron chi connectivity index (χ1n) is 10.5. The highest BCUT2D eigenvalue weighted by molar-refractivity contribution is 5.92. The van der Waals surface area contributed by atoms with Crippen molar-refractivity contribution in [2.75, 3.05) is 37.6 Å². The van der Waals surface area contributed by atoms with Crippen LogP contribution in [-0.4, -0.2) is 54.4 Å². The van der Waals surface area contributed by atoms with Crippen LogP contribution in [0.25, 0.3) is 0 Å². The monoisotopic (exact) mass is 392 g/mol. The Morgan fingerprint density at radius 2 is 1.72 bits per heavy atom. The Morgan fingerprint density at radius 3 is 2.45 bits per heavy atom. The SMILES string of the molecule is O=C(NCCCc1ccccc1)C1CC1C(=O)N1CCN(c2ccccn2)CC1. The number of hydrogen-bond donors (Lipinski definition) is 1. The second-order valence-corrected chi connectivity index (χ2v) is 7.83. The highest BCUT2D eigenvalue weighted by Gasteiger charge is 2.49. The predicted molar refractivity (Wildman–Crippen MR) is 112 cm³/mol. The fraction of sp³-hybridized carbons (Fsp3) is 0.435. The number of pyridine rings is 1. The standard InChI is InChI=1S/C23H28N4O2/c28-22(25-12-6-9-18-7-2-1-3-8-18)19-17-20(19)23(29)27-15-13-26(14-16-27)21-10-4-5-11-24-21/h1-5,7-8,10-11,19-20H,6,9,12-17H2,(H,25,28). The van der Waals surface area contributed by atoms with Crippen LogP contribution in [0.4, 0.5) is 5.82 Å². The Labute approximate surface area is 171 Å². The molecule has 152 valence electrons. The molecule has 1 aliphatic carbocycles. The zero-order valence-corrected chi connectivity index (χ0v) is 16.7. The summed E-state index contributed by atoms with van der Waals surface area (Å²) in [5.74, 6) is 0.844. The van der Waals surface area contributed by atoms with Crippen LogP contribution < -0.4 is 10.2 Å². The maximum Gasteiger partial charge on any atom is 0.226 e. The molecule has 2 aliphatic rings. The molecule has 2 unspecified atom stereocenters. The first-order chi connectivity index (χ1) is 14.2. The van der Waals surface area contributed by atoms with Crippen LogP contribution in [0.15, 0.2) is 54.7 Å². The highest BCUT2D eigenvalue weighted by atomic mass is 16.2. The van der Waals surface area contributed by atoms with E-state index >= 15 is 0 Å². The minimum atomic E-state index is -0.145. The molecule has 1 N–H and O–H groups in total. The second-order valence-electron chi connectivity index (χ2n) is 7.83. The summed E-state index contributed by atoms with van der Waals surface area (Å²) in [4.78, 5) is 33.6. The minimum Gasteiger partial charge on any atom is -0.356 e. The number of nitrogens with zero attached hydrogens (tertiary/aromatic N) is 3. The molecule has 1 saturated carbocycles. The van der Waals surface area contributed by atoms with Gasteiger partial charge in [0, 0.05) is 38.9 Å². The van der Waals surface area contributed by atoms with E-state index in [0.29, 0.717) is 26.1 Å². The predicted octanol–water partition coefficient (Wildman–Crippen LogP) is 2.12. The van der Waals surface area contributed by atoms with Crippen LogP contribution in [-0.2, 0) is 16.0 Å². The van der Waals surface area contributed by atoms with Gasteiger partial charge in [-0.05, 0) is 37.0 Å². The number of nitrogens with one attached hydrogen (secondary N) is 1. The Bertz CT molecular complexity index is 819. The number of aryl methyl sites for hydroxylation is 1. The van der Waals surface area contributed by atoms with Gasteiger partial charge in [0.05, 0.1) is 11.8 Å². The first kappa shape index (κ1) is 19.4. The molecular formula is C23H28N4O2. The van der Waals surface area contributed by atoms with Crippen molar-refractivity contribution in [2.45, 2.75) is 19.3 Å². The number of hydrogen-bond acceptors (Lipinski definition) is 4. The van der Waals surface area contributed by atoms with Crippen molar-refractivity contribution >= 4 is 17.6 Å². The zero-order valence-electron chi connectivity index (χ0n) is 16.7. The number of carbonyl (C=O) groups is 2. The molecule has 2 atom stereocenters.